The summed E-state index contributed by atoms with van der Waals surface area (Å²) >= 11 is 3.37. The van der Waals surface area contributed by atoms with Gasteiger partial charge in [-0.25, -0.2) is 4.39 Å². The molecule has 2 nitrogen and oxygen atoms in total. The van der Waals surface area contributed by atoms with Gasteiger partial charge in [-0.05, 0) is 35.9 Å². The number of benzene rings is 2. The fraction of sp³-hybridized carbons (Fsp3) is 0.0769. The summed E-state index contributed by atoms with van der Waals surface area (Å²) < 4.78 is 14.0. The van der Waals surface area contributed by atoms with Crippen molar-refractivity contribution < 1.29 is 9.50 Å². The van der Waals surface area contributed by atoms with Gasteiger partial charge in [0.25, 0.3) is 0 Å². The van der Waals surface area contributed by atoms with Crippen LogP contribution in [0.5, 0.6) is 5.75 Å². The Labute approximate surface area is 107 Å². The molecular weight excluding hydrogens is 285 g/mol. The van der Waals surface area contributed by atoms with Crippen molar-refractivity contribution in [3.8, 4) is 5.75 Å². The molecule has 0 aromatic heterocycles. The van der Waals surface area contributed by atoms with E-state index in [0.717, 1.165) is 16.2 Å². The Morgan fingerprint density at radius 1 is 1.18 bits per heavy atom. The highest BCUT2D eigenvalue weighted by molar-refractivity contribution is 9.10. The first kappa shape index (κ1) is 11.9. The molecule has 0 atom stereocenters. The Morgan fingerprint density at radius 2 is 2.00 bits per heavy atom. The SMILES string of the molecule is Oc1cc(F)cc(CNc2cccc(Br)c2)c1. The zero-order valence-corrected chi connectivity index (χ0v) is 10.5. The summed E-state index contributed by atoms with van der Waals surface area (Å²) in [5.74, 6) is -0.493. The summed E-state index contributed by atoms with van der Waals surface area (Å²) in [7, 11) is 0. The molecule has 4 heteroatoms. The third kappa shape index (κ3) is 3.46. The highest BCUT2D eigenvalue weighted by Gasteiger charge is 2.00. The van der Waals surface area contributed by atoms with Crippen LogP contribution in [0.25, 0.3) is 0 Å². The molecule has 0 amide bonds. The van der Waals surface area contributed by atoms with Gasteiger partial charge in [-0.1, -0.05) is 22.0 Å². The van der Waals surface area contributed by atoms with Crippen LogP contribution < -0.4 is 5.32 Å². The molecule has 88 valence electrons. The minimum Gasteiger partial charge on any atom is -0.508 e. The van der Waals surface area contributed by atoms with Crippen molar-refractivity contribution in [1.29, 1.82) is 0 Å². The van der Waals surface area contributed by atoms with Gasteiger partial charge in [0.1, 0.15) is 11.6 Å². The molecular formula is C13H11BrFNO. The van der Waals surface area contributed by atoms with Crippen LogP contribution in [-0.2, 0) is 6.54 Å². The highest BCUT2D eigenvalue weighted by atomic mass is 79.9. The predicted octanol–water partition coefficient (Wildman–Crippen LogP) is 3.91. The van der Waals surface area contributed by atoms with Gasteiger partial charge < -0.3 is 10.4 Å². The lowest BCUT2D eigenvalue weighted by molar-refractivity contribution is 0.468. The molecule has 2 aromatic carbocycles. The second-order valence-corrected chi connectivity index (χ2v) is 4.60. The summed E-state index contributed by atoms with van der Waals surface area (Å²) in [4.78, 5) is 0. The van der Waals surface area contributed by atoms with Crippen LogP contribution in [0, 0.1) is 5.82 Å². The second-order valence-electron chi connectivity index (χ2n) is 3.68. The van der Waals surface area contributed by atoms with Gasteiger partial charge in [0.15, 0.2) is 0 Å². The number of nitrogens with one attached hydrogen (secondary N) is 1. The van der Waals surface area contributed by atoms with Crippen molar-refractivity contribution in [1.82, 2.24) is 0 Å². The monoisotopic (exact) mass is 295 g/mol. The topological polar surface area (TPSA) is 32.3 Å². The molecule has 0 saturated carbocycles. The fourth-order valence-corrected chi connectivity index (χ4v) is 1.94. The largest absolute Gasteiger partial charge is 0.508 e. The minimum absolute atomic E-state index is 0.0592. The van der Waals surface area contributed by atoms with Crippen molar-refractivity contribution in [2.75, 3.05) is 5.32 Å². The van der Waals surface area contributed by atoms with Crippen molar-refractivity contribution in [3.05, 3.63) is 58.3 Å². The van der Waals surface area contributed by atoms with Crippen LogP contribution >= 0.6 is 15.9 Å². The maximum absolute atomic E-state index is 13.0. The van der Waals surface area contributed by atoms with E-state index in [1.807, 2.05) is 24.3 Å². The lowest BCUT2D eigenvalue weighted by Crippen LogP contribution is -1.99. The average Bonchev–Trinajstić information content (AvgIpc) is 2.25. The zero-order chi connectivity index (χ0) is 12.3. The maximum Gasteiger partial charge on any atom is 0.127 e. The van der Waals surface area contributed by atoms with Crippen LogP contribution in [-0.4, -0.2) is 5.11 Å². The normalized spacial score (nSPS) is 10.2. The number of hydrogen-bond acceptors (Lipinski definition) is 2. The van der Waals surface area contributed by atoms with E-state index < -0.39 is 5.82 Å². The van der Waals surface area contributed by atoms with Crippen LogP contribution in [0.2, 0.25) is 0 Å². The van der Waals surface area contributed by atoms with E-state index in [-0.39, 0.29) is 5.75 Å². The van der Waals surface area contributed by atoms with Crippen LogP contribution in [0.3, 0.4) is 0 Å². The molecule has 2 rings (SSSR count). The molecule has 0 heterocycles. The van der Waals surface area contributed by atoms with Gasteiger partial charge in [0, 0.05) is 22.8 Å². The standard InChI is InChI=1S/C13H11BrFNO/c14-10-2-1-3-12(6-10)16-8-9-4-11(15)7-13(17)5-9/h1-7,16-17H,8H2. The Kier molecular flexibility index (Phi) is 3.64. The fourth-order valence-electron chi connectivity index (χ4n) is 1.54. The molecule has 0 aliphatic carbocycles. The van der Waals surface area contributed by atoms with Gasteiger partial charge in [-0.2, -0.15) is 0 Å². The van der Waals surface area contributed by atoms with Gasteiger partial charge in [-0.15, -0.1) is 0 Å². The molecule has 0 aliphatic heterocycles. The third-order valence-electron chi connectivity index (χ3n) is 2.26. The van der Waals surface area contributed by atoms with E-state index in [4.69, 9.17) is 0 Å². The first-order chi connectivity index (χ1) is 8.13. The summed E-state index contributed by atoms with van der Waals surface area (Å²) in [6.07, 6.45) is 0. The van der Waals surface area contributed by atoms with E-state index in [2.05, 4.69) is 21.2 Å². The molecule has 0 spiro atoms. The first-order valence-corrected chi connectivity index (χ1v) is 5.91. The van der Waals surface area contributed by atoms with Crippen molar-refractivity contribution in [3.63, 3.8) is 0 Å². The molecule has 2 N–H and O–H groups in total. The van der Waals surface area contributed by atoms with E-state index in [9.17, 15) is 9.50 Å². The van der Waals surface area contributed by atoms with E-state index >= 15 is 0 Å². The molecule has 0 radical (unpaired) electrons. The number of anilines is 1. The van der Waals surface area contributed by atoms with Crippen molar-refractivity contribution in [2.45, 2.75) is 6.54 Å². The molecule has 0 unspecified atom stereocenters. The summed E-state index contributed by atoms with van der Waals surface area (Å²) in [5.41, 5.74) is 1.63. The maximum atomic E-state index is 13.0. The summed E-state index contributed by atoms with van der Waals surface area (Å²) in [6, 6.07) is 11.7. The molecule has 0 fully saturated rings. The van der Waals surface area contributed by atoms with Crippen LogP contribution in [0.15, 0.2) is 46.9 Å². The Balaban J connectivity index is 2.07. The van der Waals surface area contributed by atoms with Crippen LogP contribution in [0.1, 0.15) is 5.56 Å². The Bertz CT molecular complexity index is 510. The molecule has 0 saturated heterocycles. The second kappa shape index (κ2) is 5.19. The molecule has 0 aliphatic rings. The van der Waals surface area contributed by atoms with Gasteiger partial charge >= 0.3 is 0 Å². The number of phenolic OH excluding ortho intramolecular Hbond substituents is 1. The zero-order valence-electron chi connectivity index (χ0n) is 8.95. The highest BCUT2D eigenvalue weighted by Crippen LogP contribution is 2.18. The van der Waals surface area contributed by atoms with Crippen LogP contribution in [0.4, 0.5) is 10.1 Å². The molecule has 0 bridgehead atoms. The van der Waals surface area contributed by atoms with E-state index in [1.54, 1.807) is 0 Å². The smallest absolute Gasteiger partial charge is 0.127 e. The number of phenols is 1. The minimum atomic E-state index is -0.434. The molecule has 2 aromatic rings. The van der Waals surface area contributed by atoms with Crippen molar-refractivity contribution >= 4 is 21.6 Å². The van der Waals surface area contributed by atoms with Gasteiger partial charge in [0.05, 0.1) is 0 Å². The predicted molar refractivity (Wildman–Crippen MR) is 69.5 cm³/mol. The average molecular weight is 296 g/mol. The Morgan fingerprint density at radius 3 is 2.71 bits per heavy atom. The molecule has 17 heavy (non-hydrogen) atoms. The van der Waals surface area contributed by atoms with E-state index in [0.29, 0.717) is 12.1 Å². The Hall–Kier alpha value is -1.55. The number of halogens is 2. The van der Waals surface area contributed by atoms with E-state index in [1.165, 1.54) is 12.1 Å². The quantitative estimate of drug-likeness (QED) is 0.900. The summed E-state index contributed by atoms with van der Waals surface area (Å²) in [6.45, 7) is 0.460. The lowest BCUT2D eigenvalue weighted by Gasteiger charge is -2.07. The van der Waals surface area contributed by atoms with Crippen molar-refractivity contribution in [2.24, 2.45) is 0 Å². The summed E-state index contributed by atoms with van der Waals surface area (Å²) in [5, 5.41) is 12.4. The number of rotatable bonds is 3. The lowest BCUT2D eigenvalue weighted by atomic mass is 10.2. The van der Waals surface area contributed by atoms with Gasteiger partial charge in [-0.3, -0.25) is 0 Å². The van der Waals surface area contributed by atoms with Gasteiger partial charge in [0.2, 0.25) is 0 Å². The number of hydrogen-bond donors (Lipinski definition) is 2. The number of aromatic hydroxyl groups is 1. The first-order valence-electron chi connectivity index (χ1n) is 5.11. The third-order valence-corrected chi connectivity index (χ3v) is 2.76.